The van der Waals surface area contributed by atoms with Crippen molar-refractivity contribution in [2.24, 2.45) is 5.92 Å². The average molecular weight is 451 g/mol. The summed E-state index contributed by atoms with van der Waals surface area (Å²) in [7, 11) is 0. The Kier molecular flexibility index (Phi) is 6.75. The predicted octanol–water partition coefficient (Wildman–Crippen LogP) is 4.72. The van der Waals surface area contributed by atoms with Crippen LogP contribution in [-0.2, 0) is 4.74 Å². The van der Waals surface area contributed by atoms with Crippen LogP contribution in [0.15, 0.2) is 30.6 Å². The van der Waals surface area contributed by atoms with Crippen LogP contribution in [0.5, 0.6) is 17.4 Å². The van der Waals surface area contributed by atoms with Crippen LogP contribution in [0.3, 0.4) is 0 Å². The first-order valence-electron chi connectivity index (χ1n) is 9.84. The van der Waals surface area contributed by atoms with Crippen molar-refractivity contribution in [3.8, 4) is 17.4 Å². The maximum Gasteiger partial charge on any atom is 0.416 e. The Morgan fingerprint density at radius 3 is 2.38 bits per heavy atom. The molecule has 32 heavy (non-hydrogen) atoms. The van der Waals surface area contributed by atoms with Crippen molar-refractivity contribution in [2.75, 3.05) is 11.4 Å². The molecular formula is C21H23F2N3O6. The largest absolute Gasteiger partial charge is 0.478 e. The van der Waals surface area contributed by atoms with Crippen LogP contribution in [-0.4, -0.2) is 45.9 Å². The van der Waals surface area contributed by atoms with Gasteiger partial charge in [0.1, 0.15) is 17.1 Å². The van der Waals surface area contributed by atoms with E-state index in [0.717, 1.165) is 31.0 Å². The molecule has 0 saturated heterocycles. The van der Waals surface area contributed by atoms with Crippen LogP contribution >= 0.6 is 0 Å². The van der Waals surface area contributed by atoms with Gasteiger partial charge in [-0.2, -0.15) is 8.78 Å². The minimum Gasteiger partial charge on any atom is -0.478 e. The van der Waals surface area contributed by atoms with E-state index in [1.54, 1.807) is 20.8 Å². The Labute approximate surface area is 182 Å². The molecule has 1 N–H and O–H groups in total. The van der Waals surface area contributed by atoms with E-state index < -0.39 is 24.3 Å². The van der Waals surface area contributed by atoms with Crippen molar-refractivity contribution in [1.82, 2.24) is 9.97 Å². The normalized spacial score (nSPS) is 13.6. The number of carbonyl (C=O) groups is 2. The fourth-order valence-corrected chi connectivity index (χ4v) is 2.68. The number of aromatic nitrogens is 2. The molecule has 1 fully saturated rings. The fourth-order valence-electron chi connectivity index (χ4n) is 2.68. The van der Waals surface area contributed by atoms with E-state index in [4.69, 9.17) is 14.6 Å². The second-order valence-corrected chi connectivity index (χ2v) is 8.23. The number of nitrogens with zero attached hydrogens (tertiary/aromatic N) is 3. The highest BCUT2D eigenvalue weighted by atomic mass is 19.3. The number of aromatic carboxylic acids is 1. The van der Waals surface area contributed by atoms with Gasteiger partial charge in [0.25, 0.3) is 0 Å². The number of carboxylic acids is 1. The van der Waals surface area contributed by atoms with Crippen molar-refractivity contribution in [1.29, 1.82) is 0 Å². The van der Waals surface area contributed by atoms with Crippen molar-refractivity contribution in [3.05, 3.63) is 36.2 Å². The zero-order chi connectivity index (χ0) is 23.5. The number of rotatable bonds is 8. The summed E-state index contributed by atoms with van der Waals surface area (Å²) in [5.41, 5.74) is -0.981. The number of ether oxygens (including phenoxy) is 3. The number of alkyl halides is 2. The summed E-state index contributed by atoms with van der Waals surface area (Å²) in [6.45, 7) is 2.61. The van der Waals surface area contributed by atoms with Gasteiger partial charge in [-0.3, -0.25) is 4.90 Å². The maximum absolute atomic E-state index is 12.6. The number of carbonyl (C=O) groups excluding carboxylic acids is 1. The van der Waals surface area contributed by atoms with E-state index in [0.29, 0.717) is 12.5 Å². The van der Waals surface area contributed by atoms with Gasteiger partial charge >= 0.3 is 18.7 Å². The molecule has 1 heterocycles. The zero-order valence-electron chi connectivity index (χ0n) is 17.7. The van der Waals surface area contributed by atoms with Crippen LogP contribution in [0, 0.1) is 5.92 Å². The van der Waals surface area contributed by atoms with Gasteiger partial charge in [-0.1, -0.05) is 0 Å². The highest BCUT2D eigenvalue weighted by molar-refractivity contribution is 5.88. The van der Waals surface area contributed by atoms with E-state index in [2.05, 4.69) is 14.7 Å². The third-order valence-corrected chi connectivity index (χ3v) is 4.22. The monoisotopic (exact) mass is 451 g/mol. The number of hydrogen-bond acceptors (Lipinski definition) is 7. The third-order valence-electron chi connectivity index (χ3n) is 4.22. The Hall–Kier alpha value is -3.50. The highest BCUT2D eigenvalue weighted by Gasteiger charge is 2.31. The summed E-state index contributed by atoms with van der Waals surface area (Å²) in [4.78, 5) is 33.5. The first-order valence-corrected chi connectivity index (χ1v) is 9.84. The molecule has 0 radical (unpaired) electrons. The smallest absolute Gasteiger partial charge is 0.416 e. The standard InChI is InChI=1S/C21H23F2N3O6/c1-21(2,3)32-20(29)26(11-12-4-5-12)16-9-25-17(10-24-16)30-14-6-13(18(27)28)7-15(8-14)31-19(22)23/h6-10,12,19H,4-5,11H2,1-3H3,(H,27,28). The molecule has 1 aliphatic carbocycles. The van der Waals surface area contributed by atoms with Gasteiger partial charge < -0.3 is 19.3 Å². The topological polar surface area (TPSA) is 111 Å². The third kappa shape index (κ3) is 6.76. The van der Waals surface area contributed by atoms with Crippen LogP contribution in [0.1, 0.15) is 44.0 Å². The Bertz CT molecular complexity index is 974. The lowest BCUT2D eigenvalue weighted by molar-refractivity contribution is -0.0499. The Morgan fingerprint density at radius 1 is 1.16 bits per heavy atom. The van der Waals surface area contributed by atoms with E-state index in [1.807, 2.05) is 0 Å². The van der Waals surface area contributed by atoms with Crippen LogP contribution in [0.25, 0.3) is 0 Å². The van der Waals surface area contributed by atoms with E-state index in [1.165, 1.54) is 17.3 Å². The molecule has 172 valence electrons. The second kappa shape index (κ2) is 9.33. The number of carboxylic acid groups (broad SMARTS) is 1. The summed E-state index contributed by atoms with van der Waals surface area (Å²) in [6.07, 6.45) is 4.03. The molecule has 1 amide bonds. The van der Waals surface area contributed by atoms with E-state index in [9.17, 15) is 18.4 Å². The van der Waals surface area contributed by atoms with Crippen LogP contribution in [0.4, 0.5) is 19.4 Å². The van der Waals surface area contributed by atoms with Crippen LogP contribution in [0.2, 0.25) is 0 Å². The summed E-state index contributed by atoms with van der Waals surface area (Å²) >= 11 is 0. The lowest BCUT2D eigenvalue weighted by Gasteiger charge is -2.26. The molecule has 0 bridgehead atoms. The van der Waals surface area contributed by atoms with Gasteiger partial charge in [0.05, 0.1) is 18.0 Å². The van der Waals surface area contributed by atoms with Gasteiger partial charge in [-0.05, 0) is 51.7 Å². The molecular weight excluding hydrogens is 428 g/mol. The summed E-state index contributed by atoms with van der Waals surface area (Å²) < 4.78 is 40.2. The average Bonchev–Trinajstić information content (AvgIpc) is 3.49. The lowest BCUT2D eigenvalue weighted by atomic mass is 10.2. The number of anilines is 1. The minimum absolute atomic E-state index is 0.0325. The van der Waals surface area contributed by atoms with Gasteiger partial charge in [-0.15, -0.1) is 0 Å². The Balaban J connectivity index is 1.79. The van der Waals surface area contributed by atoms with Gasteiger partial charge in [-0.25, -0.2) is 19.6 Å². The van der Waals surface area contributed by atoms with Crippen molar-refractivity contribution in [2.45, 2.75) is 45.8 Å². The lowest BCUT2D eigenvalue weighted by Crippen LogP contribution is -2.38. The molecule has 1 aromatic carbocycles. The molecule has 9 nitrogen and oxygen atoms in total. The molecule has 0 spiro atoms. The molecule has 1 aromatic heterocycles. The van der Waals surface area contributed by atoms with Crippen LogP contribution < -0.4 is 14.4 Å². The molecule has 1 saturated carbocycles. The molecule has 11 heteroatoms. The maximum atomic E-state index is 12.6. The predicted molar refractivity (Wildman–Crippen MR) is 108 cm³/mol. The number of halogens is 2. The molecule has 0 atom stereocenters. The molecule has 0 unspecified atom stereocenters. The molecule has 3 rings (SSSR count). The first-order chi connectivity index (χ1) is 15.0. The fraction of sp³-hybridized carbons (Fsp3) is 0.429. The van der Waals surface area contributed by atoms with Crippen molar-refractivity contribution >= 4 is 17.9 Å². The zero-order valence-corrected chi connectivity index (χ0v) is 17.7. The van der Waals surface area contributed by atoms with Crippen molar-refractivity contribution in [3.63, 3.8) is 0 Å². The SMILES string of the molecule is CC(C)(C)OC(=O)N(CC1CC1)c1cnc(Oc2cc(OC(F)F)cc(C(=O)O)c2)cn1. The summed E-state index contributed by atoms with van der Waals surface area (Å²) in [5.74, 6) is -1.20. The molecule has 0 aliphatic heterocycles. The first kappa shape index (κ1) is 23.2. The number of hydrogen-bond donors (Lipinski definition) is 1. The van der Waals surface area contributed by atoms with E-state index >= 15 is 0 Å². The Morgan fingerprint density at radius 2 is 1.84 bits per heavy atom. The number of amides is 1. The molecule has 2 aromatic rings. The quantitative estimate of drug-likeness (QED) is 0.614. The van der Waals surface area contributed by atoms with Gasteiger partial charge in [0.2, 0.25) is 5.88 Å². The van der Waals surface area contributed by atoms with Gasteiger partial charge in [0.15, 0.2) is 5.82 Å². The van der Waals surface area contributed by atoms with E-state index in [-0.39, 0.29) is 28.8 Å². The highest BCUT2D eigenvalue weighted by Crippen LogP contribution is 2.32. The summed E-state index contributed by atoms with van der Waals surface area (Å²) in [5, 5.41) is 9.17. The summed E-state index contributed by atoms with van der Waals surface area (Å²) in [6, 6.07) is 3.19. The number of benzene rings is 1. The molecule has 1 aliphatic rings. The minimum atomic E-state index is -3.13. The second-order valence-electron chi connectivity index (χ2n) is 8.23. The van der Waals surface area contributed by atoms with Gasteiger partial charge in [0, 0.05) is 12.6 Å². The van der Waals surface area contributed by atoms with Crippen molar-refractivity contribution < 1.29 is 37.7 Å².